The Morgan fingerprint density at radius 2 is 0.839 bits per heavy atom. The molecule has 682 valence electrons. The molecule has 0 spiro atoms. The summed E-state index contributed by atoms with van der Waals surface area (Å²) in [5.74, 6) is 0.774. The van der Waals surface area contributed by atoms with Crippen molar-refractivity contribution in [2.75, 3.05) is 39.3 Å². The number of nitrogens with two attached hydrogens (primary N) is 2. The van der Waals surface area contributed by atoms with Gasteiger partial charge < -0.3 is 70.2 Å². The number of unbranched alkanes of at least 4 members (excludes halogenated alkanes) is 2. The Kier molecular flexibility index (Phi) is 54.6. The molecule has 0 radical (unpaired) electrons. The van der Waals surface area contributed by atoms with Crippen LogP contribution in [0.15, 0.2) is 142 Å². The number of carbonyl (C=O) groups is 10. The van der Waals surface area contributed by atoms with Crippen molar-refractivity contribution < 1.29 is 91.9 Å². The number of imidazole rings is 4. The van der Waals surface area contributed by atoms with Gasteiger partial charge in [-0.3, -0.25) is 52.9 Å². The van der Waals surface area contributed by atoms with Crippen molar-refractivity contribution in [3.05, 3.63) is 175 Å². The Morgan fingerprint density at radius 3 is 1.15 bits per heavy atom. The van der Waals surface area contributed by atoms with Gasteiger partial charge in [0, 0.05) is 160 Å². The third kappa shape index (κ3) is 48.4. The first-order chi connectivity index (χ1) is 59.4. The van der Waals surface area contributed by atoms with Crippen LogP contribution in [0.4, 0.5) is 0 Å². The third-order valence-electron chi connectivity index (χ3n) is 19.3. The van der Waals surface area contributed by atoms with Crippen molar-refractivity contribution >= 4 is 65.8 Å². The maximum absolute atomic E-state index is 12.4. The molecule has 7 aromatic rings. The van der Waals surface area contributed by atoms with Gasteiger partial charge in [-0.15, -0.1) is 0 Å². The predicted octanol–water partition coefficient (Wildman–Crippen LogP) is 12.6. The van der Waals surface area contributed by atoms with Crippen LogP contribution in [0.1, 0.15) is 293 Å². The molecule has 12 N–H and O–H groups in total. The minimum Gasteiger partial charge on any atom is -0.507 e. The van der Waals surface area contributed by atoms with Crippen LogP contribution in [0.25, 0.3) is 0 Å². The lowest BCUT2D eigenvalue weighted by atomic mass is 9.94. The lowest BCUT2D eigenvalue weighted by Gasteiger charge is -2.18. The number of benzene rings is 3. The number of carboxylic acid groups (broad SMARTS) is 2. The van der Waals surface area contributed by atoms with E-state index in [9.17, 15) is 53.1 Å². The molecule has 0 atom stereocenters. The number of phenolic OH excluding ortho intramolecular Hbond substituents is 1. The second-order valence-electron chi connectivity index (χ2n) is 31.9. The van der Waals surface area contributed by atoms with E-state index in [1.54, 1.807) is 37.6 Å². The van der Waals surface area contributed by atoms with Crippen molar-refractivity contribution in [1.82, 2.24) is 54.9 Å². The molecule has 9 rings (SSSR count). The average molecular weight is 1730 g/mol. The summed E-state index contributed by atoms with van der Waals surface area (Å²) in [6, 6.07) is 18.2. The smallest absolute Gasteiger partial charge is 0.333 e. The van der Waals surface area contributed by atoms with Gasteiger partial charge in [0.1, 0.15) is 29.6 Å². The molecule has 124 heavy (non-hydrogen) atoms. The van der Waals surface area contributed by atoms with E-state index in [2.05, 4.69) is 134 Å². The van der Waals surface area contributed by atoms with Crippen LogP contribution in [0.3, 0.4) is 0 Å². The number of phenols is 1. The molecule has 4 amide bonds. The Balaban J connectivity index is 0.000000391. The Labute approximate surface area is 732 Å². The monoisotopic (exact) mass is 1730 g/mol. The number of carboxylic acids is 2. The maximum Gasteiger partial charge on any atom is 0.333 e. The first-order valence-electron chi connectivity index (χ1n) is 43.8. The van der Waals surface area contributed by atoms with Gasteiger partial charge in [0.15, 0.2) is 12.7 Å². The van der Waals surface area contributed by atoms with Crippen LogP contribution >= 0.6 is 0 Å². The number of ether oxygens (including phenoxy) is 3. The summed E-state index contributed by atoms with van der Waals surface area (Å²) in [6.07, 6.45) is 39.4. The Hall–Kier alpha value is -11.5. The molecule has 1 saturated heterocycles. The van der Waals surface area contributed by atoms with E-state index in [0.29, 0.717) is 139 Å². The van der Waals surface area contributed by atoms with Crippen LogP contribution in [-0.4, -0.2) is 159 Å². The van der Waals surface area contributed by atoms with Gasteiger partial charge in [0.2, 0.25) is 36.2 Å². The number of hydrogen-bond acceptors (Lipinski definition) is 18. The molecule has 0 aliphatic carbocycles. The van der Waals surface area contributed by atoms with E-state index in [0.717, 1.165) is 105 Å². The molecule has 2 aliphatic heterocycles. The van der Waals surface area contributed by atoms with Crippen molar-refractivity contribution in [3.63, 3.8) is 0 Å². The largest absolute Gasteiger partial charge is 0.507 e. The number of carbonyl (C=O) groups excluding carboxylic acids is 8. The number of aliphatic carboxylic acids is 2. The van der Waals surface area contributed by atoms with Crippen molar-refractivity contribution in [2.24, 2.45) is 5.73 Å². The molecule has 0 unspecified atom stereocenters. The normalized spacial score (nSPS) is 11.8. The summed E-state index contributed by atoms with van der Waals surface area (Å²) < 4.78 is 25.8. The number of para-hydroxylation sites is 3. The zero-order valence-corrected chi connectivity index (χ0v) is 75.3. The average Bonchev–Trinajstić information content (AvgIpc) is 0.847. The SMILES string of the molecule is CC(C)c1cccc(C(C)C)c1O.CC(C)c1cccc(C(C)C)c1OC(=O)CCCCC(=O)NCCC[N+]1=C[NH2+]C=C1.CC(C)c1cccc(C(C)C)c1OC(=O)CCCCC(=O)NCCC[n+]1cc[nH]c1.NCCCn1ccnc1.O=C(O)CCCC(=O)NCCCn1ccnc1.O=C(O)CCCC(=O)NCCCn1ccnc1.O=C1CCCC(=O)O1. The molecular formula is C93H142N15O16+3. The second kappa shape index (κ2) is 63.5. The summed E-state index contributed by atoms with van der Waals surface area (Å²) >= 11 is 0. The Morgan fingerprint density at radius 1 is 0.484 bits per heavy atom. The number of esters is 4. The molecule has 4 aromatic heterocycles. The Bertz CT molecular complexity index is 4110. The highest BCUT2D eigenvalue weighted by Gasteiger charge is 2.22. The third-order valence-corrected chi connectivity index (χ3v) is 19.3. The van der Waals surface area contributed by atoms with Crippen molar-refractivity contribution in [1.29, 1.82) is 0 Å². The van der Waals surface area contributed by atoms with Gasteiger partial charge >= 0.3 is 42.2 Å². The number of H-pyrrole nitrogens is 1. The number of aromatic amines is 1. The quantitative estimate of drug-likeness (QED) is 0.00557. The van der Waals surface area contributed by atoms with Gasteiger partial charge in [0.05, 0.1) is 25.5 Å². The number of aryl methyl sites for hydroxylation is 4. The van der Waals surface area contributed by atoms with Crippen LogP contribution in [0, 0.1) is 0 Å². The minimum atomic E-state index is -0.863. The van der Waals surface area contributed by atoms with Crippen LogP contribution in [0.2, 0.25) is 0 Å². The topological polar surface area (TPSA) is 426 Å². The van der Waals surface area contributed by atoms with E-state index in [-0.39, 0.29) is 96.9 Å². The van der Waals surface area contributed by atoms with Crippen LogP contribution in [0.5, 0.6) is 17.2 Å². The molecule has 1 fully saturated rings. The zero-order valence-electron chi connectivity index (χ0n) is 75.3. The number of aromatic nitrogens is 8. The number of rotatable bonds is 45. The number of hydrogen-bond donors (Lipinski definition) is 10. The van der Waals surface area contributed by atoms with Crippen molar-refractivity contribution in [2.45, 2.75) is 286 Å². The van der Waals surface area contributed by atoms with E-state index < -0.39 is 11.9 Å². The molecule has 31 heteroatoms. The minimum absolute atomic E-state index is 0.0367. The molecule has 6 heterocycles. The lowest BCUT2D eigenvalue weighted by molar-refractivity contribution is -0.695. The van der Waals surface area contributed by atoms with Gasteiger partial charge in [-0.25, -0.2) is 24.8 Å². The van der Waals surface area contributed by atoms with Crippen LogP contribution in [-0.2, 0) is 78.9 Å². The fraction of sp³-hybridized carbons (Fsp3) is 0.538. The lowest BCUT2D eigenvalue weighted by Crippen LogP contribution is -2.75. The summed E-state index contributed by atoms with van der Waals surface area (Å²) in [5.41, 5.74) is 11.7. The molecule has 31 nitrogen and oxygen atoms in total. The van der Waals surface area contributed by atoms with Gasteiger partial charge in [-0.05, 0) is 140 Å². The molecule has 3 aromatic carbocycles. The number of nitrogens with one attached hydrogen (secondary N) is 5. The second-order valence-corrected chi connectivity index (χ2v) is 31.9. The summed E-state index contributed by atoms with van der Waals surface area (Å²) in [5, 5.41) is 40.1. The number of cyclic esters (lactones) is 2. The zero-order chi connectivity index (χ0) is 91.4. The van der Waals surface area contributed by atoms with Crippen LogP contribution < -0.4 is 46.4 Å². The highest BCUT2D eigenvalue weighted by Crippen LogP contribution is 2.37. The fourth-order valence-corrected chi connectivity index (χ4v) is 12.4. The molecule has 0 saturated carbocycles. The van der Waals surface area contributed by atoms with E-state index in [1.165, 1.54) is 0 Å². The summed E-state index contributed by atoms with van der Waals surface area (Å²) in [7, 11) is 0. The molecular weight excluding hydrogens is 1580 g/mol. The highest BCUT2D eigenvalue weighted by molar-refractivity contribution is 5.88. The number of aromatic hydroxyl groups is 1. The first-order valence-corrected chi connectivity index (χ1v) is 43.8. The summed E-state index contributed by atoms with van der Waals surface area (Å²) in [6.45, 7) is 32.9. The molecule has 2 aliphatic rings. The number of amides is 4. The van der Waals surface area contributed by atoms with Gasteiger partial charge in [-0.1, -0.05) is 138 Å². The van der Waals surface area contributed by atoms with Gasteiger partial charge in [0.25, 0.3) is 0 Å². The van der Waals surface area contributed by atoms with Crippen molar-refractivity contribution in [3.8, 4) is 17.2 Å². The van der Waals surface area contributed by atoms with Gasteiger partial charge in [-0.2, -0.15) is 4.58 Å². The maximum atomic E-state index is 12.4. The first kappa shape index (κ1) is 107. The standard InChI is InChI=1S/2C24H35N3O3.C12H18O.2C11H17N3O3.C6H11N3.C5H6O3/c2*1-18(2)20-9-7-10-21(19(3)4)24(20)30-23(29)12-6-5-11-22(28)26-13-8-15-27-16-14-25-17-27;1-8(2)10-6-5-7-11(9(3)4)12(10)13;2*15-10(3-1-4-11(16)17)13-5-2-7-14-8-6-12-9-14;7-2-1-4-9-5-3-8-6-9;6-4-2-1-3-5(7)8-4/h2*7,9-10,14,16-19H,5-6,8,11-13,15H2,1-4H3,(H,26,28);5-9,13H,1-4H3;2*6,8-9H,1-5,7H2,(H,13,15)(H,16,17);3,5-6H,1-2,4,7H2;1-3H2/p+3. The molecule has 0 bridgehead atoms. The van der Waals surface area contributed by atoms with E-state index in [4.69, 9.17) is 25.4 Å². The van der Waals surface area contributed by atoms with E-state index >= 15 is 0 Å². The number of quaternary nitrogens is 1. The van der Waals surface area contributed by atoms with E-state index in [1.807, 2.05) is 134 Å². The predicted molar refractivity (Wildman–Crippen MR) is 476 cm³/mol. The number of nitrogens with zero attached hydrogens (tertiary/aromatic N) is 8. The summed E-state index contributed by atoms with van der Waals surface area (Å²) in [4.78, 5) is 127. The highest BCUT2D eigenvalue weighted by atomic mass is 16.6. The fourth-order valence-electron chi connectivity index (χ4n) is 12.4.